The molecular weight excluding hydrogens is 442 g/mol. The highest BCUT2D eigenvalue weighted by Crippen LogP contribution is 2.29. The number of amides is 2. The van der Waals surface area contributed by atoms with Gasteiger partial charge in [-0.1, -0.05) is 84.9 Å². The smallest absolute Gasteiger partial charge is 0.238 e. The highest BCUT2D eigenvalue weighted by molar-refractivity contribution is 7.14. The van der Waals surface area contributed by atoms with E-state index in [4.69, 9.17) is 0 Å². The minimum Gasteiger partial charge on any atom is -0.356 e. The summed E-state index contributed by atoms with van der Waals surface area (Å²) in [4.78, 5) is 28.9. The molecule has 4 aromatic rings. The molecule has 0 radical (unpaired) electrons. The number of benzene rings is 3. The van der Waals surface area contributed by atoms with Crippen LogP contribution in [0.2, 0.25) is 0 Å². The molecule has 0 aliphatic carbocycles. The molecule has 172 valence electrons. The van der Waals surface area contributed by atoms with Gasteiger partial charge >= 0.3 is 0 Å². The van der Waals surface area contributed by atoms with Gasteiger partial charge in [0.15, 0.2) is 5.13 Å². The second-order valence-corrected chi connectivity index (χ2v) is 8.92. The van der Waals surface area contributed by atoms with Crippen molar-refractivity contribution in [1.29, 1.82) is 0 Å². The molecule has 0 unspecified atom stereocenters. The average molecular weight is 470 g/mol. The molecule has 34 heavy (non-hydrogen) atoms. The summed E-state index contributed by atoms with van der Waals surface area (Å²) in [6, 6.07) is 27.9. The van der Waals surface area contributed by atoms with Crippen molar-refractivity contribution < 1.29 is 9.59 Å². The van der Waals surface area contributed by atoms with E-state index in [1.54, 1.807) is 0 Å². The number of nitrogens with zero attached hydrogens (tertiary/aromatic N) is 1. The molecule has 4 rings (SSSR count). The molecule has 2 N–H and O–H groups in total. The minimum atomic E-state index is -0.411. The number of hydrogen-bond donors (Lipinski definition) is 2. The fourth-order valence-corrected chi connectivity index (χ4v) is 4.55. The van der Waals surface area contributed by atoms with E-state index in [1.165, 1.54) is 23.8 Å². The molecule has 0 atom stereocenters. The van der Waals surface area contributed by atoms with Crippen molar-refractivity contribution in [3.8, 4) is 11.3 Å². The number of anilines is 1. The number of rotatable bonds is 9. The number of carbonyl (C=O) groups is 2. The molecule has 5 nitrogen and oxygen atoms in total. The lowest BCUT2D eigenvalue weighted by molar-refractivity contribution is -0.119. The predicted molar refractivity (Wildman–Crippen MR) is 138 cm³/mol. The Hall–Kier alpha value is -3.77. The first kappa shape index (κ1) is 23.4. The summed E-state index contributed by atoms with van der Waals surface area (Å²) in [6.45, 7) is 2.21. The highest BCUT2D eigenvalue weighted by Gasteiger charge is 2.23. The lowest BCUT2D eigenvalue weighted by atomic mass is 9.90. The predicted octanol–water partition coefficient (Wildman–Crippen LogP) is 5.65. The number of carbonyl (C=O) groups excluding carboxylic acids is 2. The molecule has 0 bridgehead atoms. The van der Waals surface area contributed by atoms with Gasteiger partial charge in [0.2, 0.25) is 11.8 Å². The molecule has 0 fully saturated rings. The standard InChI is InChI=1S/C28H27N3O2S/c1-20(32)29-18-8-9-21-14-16-22(17-15-21)25-19-34-28(30-25)31-27(33)26(23-10-4-2-5-11-23)24-12-6-3-7-13-24/h2-7,10-17,19,26H,8-9,18H2,1H3,(H,29,32)(H,30,31,33). The second-order valence-electron chi connectivity index (χ2n) is 8.06. The van der Waals surface area contributed by atoms with E-state index in [1.807, 2.05) is 78.2 Å². The maximum atomic E-state index is 13.3. The van der Waals surface area contributed by atoms with Crippen LogP contribution in [0.1, 0.15) is 36.0 Å². The van der Waals surface area contributed by atoms with Gasteiger partial charge in [0.05, 0.1) is 11.6 Å². The summed E-state index contributed by atoms with van der Waals surface area (Å²) in [5.41, 5.74) is 4.94. The van der Waals surface area contributed by atoms with E-state index in [0.29, 0.717) is 11.7 Å². The van der Waals surface area contributed by atoms with Crippen molar-refractivity contribution in [2.45, 2.75) is 25.7 Å². The van der Waals surface area contributed by atoms with Crippen molar-refractivity contribution >= 4 is 28.3 Å². The van der Waals surface area contributed by atoms with Crippen LogP contribution >= 0.6 is 11.3 Å². The molecule has 2 amide bonds. The molecule has 0 aliphatic rings. The lowest BCUT2D eigenvalue weighted by Crippen LogP contribution is -2.22. The van der Waals surface area contributed by atoms with Gasteiger partial charge in [-0.3, -0.25) is 9.59 Å². The third-order valence-electron chi connectivity index (χ3n) is 5.53. The summed E-state index contributed by atoms with van der Waals surface area (Å²) in [7, 11) is 0. The fourth-order valence-electron chi connectivity index (χ4n) is 3.83. The topological polar surface area (TPSA) is 71.1 Å². The Morgan fingerprint density at radius 1 is 0.882 bits per heavy atom. The number of thiazole rings is 1. The van der Waals surface area contributed by atoms with Gasteiger partial charge in [0.1, 0.15) is 0 Å². The Morgan fingerprint density at radius 3 is 2.09 bits per heavy atom. The Kier molecular flexibility index (Phi) is 7.83. The van der Waals surface area contributed by atoms with Crippen molar-refractivity contribution in [1.82, 2.24) is 10.3 Å². The van der Waals surface area contributed by atoms with Crippen molar-refractivity contribution in [2.24, 2.45) is 0 Å². The van der Waals surface area contributed by atoms with E-state index in [2.05, 4.69) is 27.8 Å². The Balaban J connectivity index is 1.43. The second kappa shape index (κ2) is 11.4. The van der Waals surface area contributed by atoms with E-state index in [-0.39, 0.29) is 11.8 Å². The van der Waals surface area contributed by atoms with Crippen LogP contribution in [0.4, 0.5) is 5.13 Å². The normalized spacial score (nSPS) is 10.8. The Bertz CT molecular complexity index is 1180. The van der Waals surface area contributed by atoms with Gasteiger partial charge in [-0.05, 0) is 29.5 Å². The summed E-state index contributed by atoms with van der Waals surface area (Å²) in [5.74, 6) is -0.514. The molecule has 3 aromatic carbocycles. The quantitative estimate of drug-likeness (QED) is 0.311. The van der Waals surface area contributed by atoms with E-state index in [9.17, 15) is 9.59 Å². The largest absolute Gasteiger partial charge is 0.356 e. The van der Waals surface area contributed by atoms with Gasteiger partial charge in [0, 0.05) is 24.4 Å². The van der Waals surface area contributed by atoms with E-state index in [0.717, 1.165) is 35.2 Å². The first-order valence-corrected chi connectivity index (χ1v) is 12.2. The molecule has 0 aliphatic heterocycles. The van der Waals surface area contributed by atoms with Crippen LogP contribution in [0.3, 0.4) is 0 Å². The summed E-state index contributed by atoms with van der Waals surface area (Å²) in [5, 5.41) is 8.38. The highest BCUT2D eigenvalue weighted by atomic mass is 32.1. The van der Waals surface area contributed by atoms with E-state index >= 15 is 0 Å². The lowest BCUT2D eigenvalue weighted by Gasteiger charge is -2.17. The van der Waals surface area contributed by atoms with Gasteiger partial charge in [-0.25, -0.2) is 4.98 Å². The maximum absolute atomic E-state index is 13.3. The van der Waals surface area contributed by atoms with Crippen LogP contribution < -0.4 is 10.6 Å². The van der Waals surface area contributed by atoms with Crippen LogP contribution in [0, 0.1) is 0 Å². The molecule has 1 aromatic heterocycles. The van der Waals surface area contributed by atoms with Gasteiger partial charge in [-0.15, -0.1) is 11.3 Å². The maximum Gasteiger partial charge on any atom is 0.238 e. The van der Waals surface area contributed by atoms with Crippen LogP contribution in [-0.4, -0.2) is 23.3 Å². The molecular formula is C28H27N3O2S. The van der Waals surface area contributed by atoms with Gasteiger partial charge in [0.25, 0.3) is 0 Å². The Labute approximate surface area is 203 Å². The van der Waals surface area contributed by atoms with Crippen molar-refractivity contribution in [3.63, 3.8) is 0 Å². The zero-order valence-electron chi connectivity index (χ0n) is 19.0. The summed E-state index contributed by atoms with van der Waals surface area (Å²) < 4.78 is 0. The van der Waals surface area contributed by atoms with Gasteiger partial charge in [-0.2, -0.15) is 0 Å². The minimum absolute atomic E-state index is 0.000586. The number of aryl methyl sites for hydroxylation is 1. The molecule has 6 heteroatoms. The molecule has 0 saturated carbocycles. The first-order chi connectivity index (χ1) is 16.6. The third kappa shape index (κ3) is 6.17. The third-order valence-corrected chi connectivity index (χ3v) is 6.29. The zero-order valence-corrected chi connectivity index (χ0v) is 19.8. The van der Waals surface area contributed by atoms with Crippen LogP contribution in [0.25, 0.3) is 11.3 Å². The monoisotopic (exact) mass is 469 g/mol. The molecule has 0 spiro atoms. The van der Waals surface area contributed by atoms with Crippen molar-refractivity contribution in [3.05, 3.63) is 107 Å². The Morgan fingerprint density at radius 2 is 1.50 bits per heavy atom. The summed E-state index contributed by atoms with van der Waals surface area (Å²) in [6.07, 6.45) is 1.80. The first-order valence-electron chi connectivity index (χ1n) is 11.3. The van der Waals surface area contributed by atoms with Crippen LogP contribution in [0.15, 0.2) is 90.3 Å². The molecule has 1 heterocycles. The van der Waals surface area contributed by atoms with Crippen LogP contribution in [-0.2, 0) is 16.0 Å². The van der Waals surface area contributed by atoms with Crippen molar-refractivity contribution in [2.75, 3.05) is 11.9 Å². The van der Waals surface area contributed by atoms with Crippen LogP contribution in [0.5, 0.6) is 0 Å². The number of nitrogens with one attached hydrogen (secondary N) is 2. The number of aromatic nitrogens is 1. The zero-order chi connectivity index (χ0) is 23.8. The number of hydrogen-bond acceptors (Lipinski definition) is 4. The molecule has 0 saturated heterocycles. The summed E-state index contributed by atoms with van der Waals surface area (Å²) >= 11 is 1.42. The fraction of sp³-hybridized carbons (Fsp3) is 0.179. The van der Waals surface area contributed by atoms with E-state index < -0.39 is 5.92 Å². The SMILES string of the molecule is CC(=O)NCCCc1ccc(-c2csc(NC(=O)C(c3ccccc3)c3ccccc3)n2)cc1. The average Bonchev–Trinajstić information content (AvgIpc) is 3.32. The van der Waals surface area contributed by atoms with Gasteiger partial charge < -0.3 is 10.6 Å².